The molecular weight excluding hydrogens is 440 g/mol. The van der Waals surface area contributed by atoms with E-state index < -0.39 is 0 Å². The zero-order valence-corrected chi connectivity index (χ0v) is 18.9. The van der Waals surface area contributed by atoms with Crippen LogP contribution in [0.3, 0.4) is 0 Å². The third-order valence-electron chi connectivity index (χ3n) is 5.34. The second kappa shape index (κ2) is 10.8. The lowest BCUT2D eigenvalue weighted by molar-refractivity contribution is -0.118. The van der Waals surface area contributed by atoms with E-state index in [0.717, 1.165) is 18.8 Å². The number of ether oxygens (including phenoxy) is 1. The fourth-order valence-electron chi connectivity index (χ4n) is 3.64. The van der Waals surface area contributed by atoms with Gasteiger partial charge in [0, 0.05) is 36.8 Å². The fraction of sp³-hybridized carbons (Fsp3) is 0.240. The van der Waals surface area contributed by atoms with Crippen molar-refractivity contribution in [1.82, 2.24) is 9.88 Å². The average molecular weight is 465 g/mol. The smallest absolute Gasteiger partial charge is 0.262 e. The first-order valence-electron chi connectivity index (χ1n) is 10.8. The molecule has 0 atom stereocenters. The van der Waals surface area contributed by atoms with Gasteiger partial charge >= 0.3 is 0 Å². The highest BCUT2D eigenvalue weighted by molar-refractivity contribution is 6.30. The zero-order valence-electron chi connectivity index (χ0n) is 18.1. The van der Waals surface area contributed by atoms with Crippen LogP contribution in [0, 0.1) is 0 Å². The van der Waals surface area contributed by atoms with Crippen molar-refractivity contribution in [1.29, 1.82) is 0 Å². The summed E-state index contributed by atoms with van der Waals surface area (Å²) in [5.74, 6) is 1.18. The number of pyridine rings is 1. The minimum absolute atomic E-state index is 0.0595. The summed E-state index contributed by atoms with van der Waals surface area (Å²) >= 11 is 5.84. The van der Waals surface area contributed by atoms with Crippen molar-refractivity contribution in [2.75, 3.05) is 43.0 Å². The Bertz CT molecular complexity index is 1080. The molecule has 1 saturated heterocycles. The number of halogens is 1. The van der Waals surface area contributed by atoms with Crippen molar-refractivity contribution in [3.8, 4) is 5.75 Å². The van der Waals surface area contributed by atoms with Crippen LogP contribution in [0.1, 0.15) is 16.8 Å². The number of amides is 2. The molecule has 3 aromatic rings. The van der Waals surface area contributed by atoms with Crippen LogP contribution in [0.15, 0.2) is 72.9 Å². The van der Waals surface area contributed by atoms with Crippen molar-refractivity contribution in [3.05, 3.63) is 83.5 Å². The first-order chi connectivity index (χ1) is 16.1. The summed E-state index contributed by atoms with van der Waals surface area (Å²) in [5, 5.41) is 3.39. The number of nitrogens with zero attached hydrogens (tertiary/aromatic N) is 3. The highest BCUT2D eigenvalue weighted by Gasteiger charge is 2.21. The van der Waals surface area contributed by atoms with Crippen LogP contribution in [0.2, 0.25) is 5.02 Å². The lowest BCUT2D eigenvalue weighted by Crippen LogP contribution is -2.35. The highest BCUT2D eigenvalue weighted by Crippen LogP contribution is 2.18. The maximum atomic E-state index is 12.7. The fourth-order valence-corrected chi connectivity index (χ4v) is 3.76. The number of aromatic nitrogens is 1. The van der Waals surface area contributed by atoms with Crippen molar-refractivity contribution in [2.45, 2.75) is 6.42 Å². The van der Waals surface area contributed by atoms with Gasteiger partial charge in [-0.1, -0.05) is 29.8 Å². The van der Waals surface area contributed by atoms with Gasteiger partial charge in [-0.05, 0) is 55.0 Å². The number of carbonyl (C=O) groups excluding carboxylic acids is 2. The van der Waals surface area contributed by atoms with E-state index in [1.54, 1.807) is 30.5 Å². The molecule has 2 heterocycles. The van der Waals surface area contributed by atoms with E-state index in [4.69, 9.17) is 16.3 Å². The number of hydrogen-bond donors (Lipinski definition) is 1. The molecule has 1 aromatic heterocycles. The van der Waals surface area contributed by atoms with Gasteiger partial charge in [0.1, 0.15) is 11.6 Å². The first kappa shape index (κ1) is 22.6. The van der Waals surface area contributed by atoms with Crippen LogP contribution in [0.5, 0.6) is 5.75 Å². The molecule has 1 aliphatic rings. The maximum absolute atomic E-state index is 12.7. The van der Waals surface area contributed by atoms with Crippen molar-refractivity contribution in [3.63, 3.8) is 0 Å². The second-order valence-electron chi connectivity index (χ2n) is 7.69. The normalized spacial score (nSPS) is 13.8. The minimum Gasteiger partial charge on any atom is -0.484 e. The molecule has 8 heteroatoms. The van der Waals surface area contributed by atoms with E-state index in [-0.39, 0.29) is 18.4 Å². The number of hydrogen-bond acceptors (Lipinski definition) is 5. The molecule has 0 unspecified atom stereocenters. The van der Waals surface area contributed by atoms with Crippen molar-refractivity contribution >= 4 is 34.9 Å². The molecule has 0 bridgehead atoms. The van der Waals surface area contributed by atoms with Gasteiger partial charge in [0.25, 0.3) is 11.8 Å². The van der Waals surface area contributed by atoms with Gasteiger partial charge in [-0.15, -0.1) is 0 Å². The molecule has 1 N–H and O–H groups in total. The van der Waals surface area contributed by atoms with E-state index in [1.807, 2.05) is 47.4 Å². The monoisotopic (exact) mass is 464 g/mol. The maximum Gasteiger partial charge on any atom is 0.262 e. The highest BCUT2D eigenvalue weighted by atomic mass is 35.5. The lowest BCUT2D eigenvalue weighted by atomic mass is 10.2. The van der Waals surface area contributed by atoms with Crippen LogP contribution >= 0.6 is 11.6 Å². The number of nitrogens with one attached hydrogen (secondary N) is 1. The Hall–Kier alpha value is -3.58. The molecule has 0 saturated carbocycles. The van der Waals surface area contributed by atoms with Gasteiger partial charge in [0.05, 0.1) is 11.9 Å². The largest absolute Gasteiger partial charge is 0.484 e. The Balaban J connectivity index is 1.28. The molecule has 2 aromatic carbocycles. The van der Waals surface area contributed by atoms with E-state index in [1.165, 1.54) is 0 Å². The van der Waals surface area contributed by atoms with Crippen LogP contribution in [-0.4, -0.2) is 54.5 Å². The van der Waals surface area contributed by atoms with Gasteiger partial charge < -0.3 is 19.9 Å². The molecule has 33 heavy (non-hydrogen) atoms. The Morgan fingerprint density at radius 2 is 1.73 bits per heavy atom. The number of anilines is 2. The number of carbonyl (C=O) groups is 2. The van der Waals surface area contributed by atoms with E-state index in [2.05, 4.69) is 15.2 Å². The molecular formula is C25H25ClN4O3. The summed E-state index contributed by atoms with van der Waals surface area (Å²) in [6, 6.07) is 19.9. The van der Waals surface area contributed by atoms with Crippen molar-refractivity contribution < 1.29 is 14.3 Å². The van der Waals surface area contributed by atoms with Gasteiger partial charge in [0.15, 0.2) is 6.61 Å². The van der Waals surface area contributed by atoms with Crippen LogP contribution in [0.4, 0.5) is 11.5 Å². The quantitative estimate of drug-likeness (QED) is 0.594. The molecule has 0 aliphatic carbocycles. The number of benzene rings is 2. The Morgan fingerprint density at radius 1 is 0.939 bits per heavy atom. The average Bonchev–Trinajstić information content (AvgIpc) is 3.11. The van der Waals surface area contributed by atoms with Crippen LogP contribution in [0.25, 0.3) is 0 Å². The van der Waals surface area contributed by atoms with Gasteiger partial charge in [-0.25, -0.2) is 4.98 Å². The topological polar surface area (TPSA) is 74.8 Å². The Labute approximate surface area is 197 Å². The minimum atomic E-state index is -0.274. The molecule has 170 valence electrons. The second-order valence-corrected chi connectivity index (χ2v) is 8.13. The molecule has 2 amide bonds. The molecule has 4 rings (SSSR count). The Morgan fingerprint density at radius 3 is 2.45 bits per heavy atom. The molecule has 1 aliphatic heterocycles. The van der Waals surface area contributed by atoms with Crippen molar-refractivity contribution in [2.24, 2.45) is 0 Å². The molecule has 7 nitrogen and oxygen atoms in total. The SMILES string of the molecule is O=C(COc1ccc(Cl)cc1)Nc1ccc(N2CCCN(C(=O)c3ccccc3)CC2)nc1. The predicted molar refractivity (Wildman–Crippen MR) is 129 cm³/mol. The van der Waals surface area contributed by atoms with E-state index in [0.29, 0.717) is 41.7 Å². The van der Waals surface area contributed by atoms with Crippen LogP contribution in [-0.2, 0) is 4.79 Å². The van der Waals surface area contributed by atoms with Crippen LogP contribution < -0.4 is 15.0 Å². The summed E-state index contributed by atoms with van der Waals surface area (Å²) in [6.07, 6.45) is 2.49. The first-order valence-corrected chi connectivity index (χ1v) is 11.2. The lowest BCUT2D eigenvalue weighted by Gasteiger charge is -2.23. The summed E-state index contributed by atoms with van der Waals surface area (Å²) in [5.41, 5.74) is 1.31. The summed E-state index contributed by atoms with van der Waals surface area (Å²) < 4.78 is 5.46. The standard InChI is InChI=1S/C25H25ClN4O3/c26-20-7-10-22(11-8-20)33-18-24(31)28-21-9-12-23(27-17-21)29-13-4-14-30(16-15-29)25(32)19-5-2-1-3-6-19/h1-3,5-12,17H,4,13-16,18H2,(H,28,31). The van der Waals surface area contributed by atoms with Gasteiger partial charge in [-0.2, -0.15) is 0 Å². The molecule has 1 fully saturated rings. The Kier molecular flexibility index (Phi) is 7.42. The van der Waals surface area contributed by atoms with Gasteiger partial charge in [-0.3, -0.25) is 9.59 Å². The van der Waals surface area contributed by atoms with E-state index in [9.17, 15) is 9.59 Å². The summed E-state index contributed by atoms with van der Waals surface area (Å²) in [4.78, 5) is 33.5. The predicted octanol–water partition coefficient (Wildman–Crippen LogP) is 4.11. The number of rotatable bonds is 6. The third-order valence-corrected chi connectivity index (χ3v) is 5.60. The van der Waals surface area contributed by atoms with E-state index >= 15 is 0 Å². The summed E-state index contributed by atoms with van der Waals surface area (Å²) in [6.45, 7) is 2.75. The molecule has 0 radical (unpaired) electrons. The summed E-state index contributed by atoms with van der Waals surface area (Å²) in [7, 11) is 0. The third kappa shape index (κ3) is 6.23. The van der Waals surface area contributed by atoms with Gasteiger partial charge in [0.2, 0.25) is 0 Å². The zero-order chi connectivity index (χ0) is 23.0. The molecule has 0 spiro atoms.